The van der Waals surface area contributed by atoms with Gasteiger partial charge in [0, 0.05) is 6.04 Å². The van der Waals surface area contributed by atoms with Crippen LogP contribution in [0.2, 0.25) is 10.0 Å². The van der Waals surface area contributed by atoms with Crippen molar-refractivity contribution in [1.29, 1.82) is 0 Å². The van der Waals surface area contributed by atoms with Gasteiger partial charge in [0.05, 0.1) is 27.5 Å². The Bertz CT molecular complexity index is 910. The molecule has 10 nitrogen and oxygen atoms in total. The largest absolute Gasteiger partial charge is 1.00 e. The van der Waals surface area contributed by atoms with Crippen molar-refractivity contribution < 1.29 is 83.0 Å². The Morgan fingerprint density at radius 3 is 2.41 bits per heavy atom. The molecule has 0 unspecified atom stereocenters. The number of benzene rings is 1. The standard InChI is InChI=1S/C17H18Cl2N5O5P.2Na/c18-11-2-1-3-12(19)14(11)16(25)22-13-8-24(9-29-30(27)28)23-15(13)17(26)21-10-4-6-20-7-5-10;;/h1-3,8,10,20H,4-7,9H2,(H,21,26)(H,22,25);;/q-2;2*+1. The Morgan fingerprint density at radius 2 is 1.81 bits per heavy atom. The number of nitrogens with zero attached hydrogens (tertiary/aromatic N) is 2. The molecule has 1 aliphatic rings. The predicted octanol–water partition coefficient (Wildman–Crippen LogP) is -5.15. The summed E-state index contributed by atoms with van der Waals surface area (Å²) in [5, 5.41) is 13.0. The van der Waals surface area contributed by atoms with Crippen molar-refractivity contribution in [2.45, 2.75) is 25.6 Å². The molecule has 0 radical (unpaired) electrons. The van der Waals surface area contributed by atoms with Crippen LogP contribution >= 0.6 is 31.8 Å². The number of anilines is 1. The van der Waals surface area contributed by atoms with Gasteiger partial charge in [0.15, 0.2) is 5.69 Å². The van der Waals surface area contributed by atoms with Crippen LogP contribution in [0.15, 0.2) is 24.4 Å². The van der Waals surface area contributed by atoms with Crippen LogP contribution in [0.4, 0.5) is 5.69 Å². The zero-order valence-electron chi connectivity index (χ0n) is 17.6. The number of carbonyl (C=O) groups excluding carboxylic acids is 2. The van der Waals surface area contributed by atoms with E-state index in [4.69, 9.17) is 23.2 Å². The Morgan fingerprint density at radius 1 is 1.19 bits per heavy atom. The van der Waals surface area contributed by atoms with E-state index >= 15 is 0 Å². The summed E-state index contributed by atoms with van der Waals surface area (Å²) in [6, 6.07) is 4.57. The molecule has 3 rings (SSSR count). The van der Waals surface area contributed by atoms with Crippen molar-refractivity contribution in [2.24, 2.45) is 0 Å². The molecule has 2 heterocycles. The third-order valence-electron chi connectivity index (χ3n) is 4.38. The molecule has 1 aromatic carbocycles. The molecular formula is C17H18Cl2N5Na2O5P. The van der Waals surface area contributed by atoms with Crippen molar-refractivity contribution in [3.8, 4) is 0 Å². The first-order valence-electron chi connectivity index (χ1n) is 8.97. The van der Waals surface area contributed by atoms with E-state index in [1.54, 1.807) is 6.07 Å². The van der Waals surface area contributed by atoms with Crippen LogP contribution in [0.5, 0.6) is 0 Å². The Labute approximate surface area is 240 Å². The van der Waals surface area contributed by atoms with Crippen LogP contribution in [0, 0.1) is 0 Å². The molecule has 2 aromatic rings. The number of hydrogen-bond acceptors (Lipinski definition) is 7. The van der Waals surface area contributed by atoms with E-state index in [1.807, 2.05) is 0 Å². The molecule has 1 fully saturated rings. The number of piperidine rings is 1. The second kappa shape index (κ2) is 14.6. The van der Waals surface area contributed by atoms with Gasteiger partial charge >= 0.3 is 59.1 Å². The summed E-state index contributed by atoms with van der Waals surface area (Å²) in [5.74, 6) is -1.15. The first-order valence-corrected chi connectivity index (χ1v) is 10.8. The third-order valence-corrected chi connectivity index (χ3v) is 5.34. The van der Waals surface area contributed by atoms with E-state index < -0.39 is 27.1 Å². The number of carbonyl (C=O) groups is 2. The number of halogens is 2. The SMILES string of the molecule is O=C(NC1CCNCC1)c1nn(COP([O-])[O-])cc1NC(=O)c1c(Cl)cccc1Cl.[Na+].[Na+]. The van der Waals surface area contributed by atoms with E-state index in [0.29, 0.717) is 0 Å². The van der Waals surface area contributed by atoms with Crippen LogP contribution in [0.1, 0.15) is 33.7 Å². The number of rotatable bonds is 7. The number of amides is 2. The summed E-state index contributed by atoms with van der Waals surface area (Å²) >= 11 is 12.1. The van der Waals surface area contributed by atoms with Gasteiger partial charge < -0.3 is 30.3 Å². The maximum absolute atomic E-state index is 12.8. The Balaban J connectivity index is 0.00000256. The molecule has 0 spiro atoms. The van der Waals surface area contributed by atoms with Gasteiger partial charge in [-0.25, -0.2) is 4.68 Å². The number of nitrogens with one attached hydrogen (secondary N) is 3. The molecule has 1 saturated heterocycles. The molecule has 0 saturated carbocycles. The van der Waals surface area contributed by atoms with Gasteiger partial charge in [-0.05, 0) is 38.1 Å². The second-order valence-electron chi connectivity index (χ2n) is 6.46. The van der Waals surface area contributed by atoms with Gasteiger partial charge in [0.2, 0.25) is 0 Å². The van der Waals surface area contributed by atoms with E-state index in [-0.39, 0.29) is 92.1 Å². The van der Waals surface area contributed by atoms with Crippen LogP contribution in [0.25, 0.3) is 0 Å². The van der Waals surface area contributed by atoms with E-state index in [1.165, 1.54) is 18.3 Å². The van der Waals surface area contributed by atoms with Crippen molar-refractivity contribution in [1.82, 2.24) is 20.4 Å². The van der Waals surface area contributed by atoms with Crippen LogP contribution in [-0.2, 0) is 11.3 Å². The second-order valence-corrected chi connectivity index (χ2v) is 7.98. The topological polar surface area (TPSA) is 143 Å². The molecule has 32 heavy (non-hydrogen) atoms. The first-order chi connectivity index (χ1) is 14.3. The molecule has 1 aliphatic heterocycles. The number of hydrogen-bond donors (Lipinski definition) is 3. The molecule has 1 aromatic heterocycles. The van der Waals surface area contributed by atoms with Gasteiger partial charge in [-0.2, -0.15) is 13.7 Å². The van der Waals surface area contributed by atoms with Crippen molar-refractivity contribution in [3.05, 3.63) is 45.7 Å². The summed E-state index contributed by atoms with van der Waals surface area (Å²) < 4.78 is 5.60. The fraction of sp³-hybridized carbons (Fsp3) is 0.353. The summed E-state index contributed by atoms with van der Waals surface area (Å²) in [5.41, 5.74) is 0.0131. The molecule has 15 heteroatoms. The van der Waals surface area contributed by atoms with E-state index in [2.05, 4.69) is 25.6 Å². The zero-order chi connectivity index (χ0) is 21.7. The maximum atomic E-state index is 12.8. The monoisotopic (exact) mass is 519 g/mol. The van der Waals surface area contributed by atoms with Crippen LogP contribution < -0.4 is 84.9 Å². The molecule has 0 bridgehead atoms. The molecule has 0 aliphatic carbocycles. The van der Waals surface area contributed by atoms with E-state index in [0.717, 1.165) is 30.6 Å². The molecular weight excluding hydrogens is 502 g/mol. The minimum Gasteiger partial charge on any atom is -0.820 e. The summed E-state index contributed by atoms with van der Waals surface area (Å²) in [6.07, 6.45) is 2.80. The van der Waals surface area contributed by atoms with Gasteiger partial charge in [-0.3, -0.25) is 9.59 Å². The van der Waals surface area contributed by atoms with Gasteiger partial charge in [-0.15, -0.1) is 0 Å². The van der Waals surface area contributed by atoms with Crippen LogP contribution in [-0.4, -0.2) is 40.7 Å². The van der Waals surface area contributed by atoms with Gasteiger partial charge in [0.1, 0.15) is 6.73 Å². The minimum atomic E-state index is -3.11. The summed E-state index contributed by atoms with van der Waals surface area (Å²) in [4.78, 5) is 46.9. The van der Waals surface area contributed by atoms with Crippen molar-refractivity contribution in [3.63, 3.8) is 0 Å². The molecule has 162 valence electrons. The maximum Gasteiger partial charge on any atom is 1.00 e. The fourth-order valence-electron chi connectivity index (χ4n) is 2.97. The molecule has 3 N–H and O–H groups in total. The zero-order valence-corrected chi connectivity index (χ0v) is 24.0. The summed E-state index contributed by atoms with van der Waals surface area (Å²) in [7, 11) is -3.11. The predicted molar refractivity (Wildman–Crippen MR) is 108 cm³/mol. The van der Waals surface area contributed by atoms with Crippen LogP contribution in [0.3, 0.4) is 0 Å². The Hall–Kier alpha value is 0.220. The first kappa shape index (κ1) is 30.3. The molecule has 0 atom stereocenters. The quantitative estimate of drug-likeness (QED) is 0.245. The van der Waals surface area contributed by atoms with E-state index in [9.17, 15) is 19.4 Å². The summed E-state index contributed by atoms with van der Waals surface area (Å²) in [6.45, 7) is 1.10. The average Bonchev–Trinajstić information content (AvgIpc) is 3.10. The molecule has 2 amide bonds. The van der Waals surface area contributed by atoms with Gasteiger partial charge in [0.25, 0.3) is 11.8 Å². The fourth-order valence-corrected chi connectivity index (χ4v) is 3.75. The van der Waals surface area contributed by atoms with Crippen molar-refractivity contribution >= 4 is 49.3 Å². The Kier molecular flexibility index (Phi) is 13.8. The smallest absolute Gasteiger partial charge is 0.820 e. The van der Waals surface area contributed by atoms with Crippen molar-refractivity contribution in [2.75, 3.05) is 18.4 Å². The van der Waals surface area contributed by atoms with Gasteiger partial charge in [-0.1, -0.05) is 29.3 Å². The minimum absolute atomic E-state index is 0. The normalized spacial score (nSPS) is 13.8. The number of aromatic nitrogens is 2. The third kappa shape index (κ3) is 8.46. The average molecular weight is 520 g/mol.